The number of nitrogens with one attached hydrogen (secondary N) is 1. The van der Waals surface area contributed by atoms with E-state index in [0.29, 0.717) is 12.1 Å². The molecular weight excluding hydrogens is 194 g/mol. The molecule has 0 amide bonds. The van der Waals surface area contributed by atoms with E-state index in [4.69, 9.17) is 0 Å². The van der Waals surface area contributed by atoms with E-state index in [1.165, 1.54) is 22.3 Å². The quantitative estimate of drug-likeness (QED) is 0.700. The topological polar surface area (TPSA) is 12.0 Å². The summed E-state index contributed by atoms with van der Waals surface area (Å²) >= 11 is 0. The van der Waals surface area contributed by atoms with Gasteiger partial charge in [-0.15, -0.1) is 0 Å². The zero-order valence-corrected chi connectivity index (χ0v) is 8.98. The van der Waals surface area contributed by atoms with Crippen LogP contribution in [0, 0.1) is 0 Å². The van der Waals surface area contributed by atoms with Crippen molar-refractivity contribution in [3.05, 3.63) is 70.8 Å². The van der Waals surface area contributed by atoms with Crippen LogP contribution in [0.4, 0.5) is 0 Å². The second kappa shape index (κ2) is 2.96. The predicted molar refractivity (Wildman–Crippen MR) is 64.3 cm³/mol. The van der Waals surface area contributed by atoms with Crippen LogP contribution in [0.1, 0.15) is 34.3 Å². The summed E-state index contributed by atoms with van der Waals surface area (Å²) in [6.07, 6.45) is 1.13. The molecule has 0 aliphatic carbocycles. The Hall–Kier alpha value is -1.60. The highest BCUT2D eigenvalue weighted by atomic mass is 15.0. The zero-order valence-electron chi connectivity index (χ0n) is 8.98. The van der Waals surface area contributed by atoms with Crippen LogP contribution in [0.3, 0.4) is 0 Å². The van der Waals surface area contributed by atoms with Crippen molar-refractivity contribution in [3.8, 4) is 0 Å². The van der Waals surface area contributed by atoms with E-state index in [1.54, 1.807) is 0 Å². The van der Waals surface area contributed by atoms with Crippen molar-refractivity contribution >= 4 is 0 Å². The van der Waals surface area contributed by atoms with Crippen molar-refractivity contribution in [2.24, 2.45) is 0 Å². The summed E-state index contributed by atoms with van der Waals surface area (Å²) in [7, 11) is 0. The largest absolute Gasteiger partial charge is 0.299 e. The first-order chi connectivity index (χ1) is 7.93. The van der Waals surface area contributed by atoms with Crippen molar-refractivity contribution in [1.29, 1.82) is 0 Å². The molecule has 2 bridgehead atoms. The lowest BCUT2D eigenvalue weighted by molar-refractivity contribution is 0.502. The van der Waals surface area contributed by atoms with Crippen molar-refractivity contribution < 1.29 is 0 Å². The molecule has 0 unspecified atom stereocenters. The smallest absolute Gasteiger partial charge is 0.0587 e. The van der Waals surface area contributed by atoms with Crippen LogP contribution in [0.15, 0.2) is 48.5 Å². The van der Waals surface area contributed by atoms with Crippen LogP contribution >= 0.6 is 0 Å². The normalized spacial score (nSPS) is 25.0. The average Bonchev–Trinajstić information content (AvgIpc) is 2.65. The Bertz CT molecular complexity index is 548. The summed E-state index contributed by atoms with van der Waals surface area (Å²) in [6.45, 7) is 0. The summed E-state index contributed by atoms with van der Waals surface area (Å²) < 4.78 is 0. The third kappa shape index (κ3) is 0.987. The average molecular weight is 207 g/mol. The van der Waals surface area contributed by atoms with E-state index in [9.17, 15) is 0 Å². The minimum atomic E-state index is 0.422. The lowest BCUT2D eigenvalue weighted by Gasteiger charge is -2.24. The van der Waals surface area contributed by atoms with Crippen LogP contribution in [-0.4, -0.2) is 0 Å². The maximum absolute atomic E-state index is 3.71. The van der Waals surface area contributed by atoms with Crippen LogP contribution in [0.25, 0.3) is 0 Å². The lowest BCUT2D eigenvalue weighted by Crippen LogP contribution is -2.26. The Morgan fingerprint density at radius 2 is 1.50 bits per heavy atom. The number of benzene rings is 2. The van der Waals surface area contributed by atoms with E-state index in [0.717, 1.165) is 6.42 Å². The van der Waals surface area contributed by atoms with Gasteiger partial charge in [-0.05, 0) is 28.7 Å². The van der Waals surface area contributed by atoms with Gasteiger partial charge in [0.15, 0.2) is 0 Å². The fraction of sp³-hybridized carbons (Fsp3) is 0.200. The third-order valence-electron chi connectivity index (χ3n) is 3.84. The molecule has 2 aromatic carbocycles. The SMILES string of the molecule is c1ccc2c(c1)C[C@@H]1N[C@H]2c2ccccc21. The van der Waals surface area contributed by atoms with Gasteiger partial charge in [0.25, 0.3) is 0 Å². The first-order valence-corrected chi connectivity index (χ1v) is 5.86. The molecule has 2 aliphatic heterocycles. The Morgan fingerprint density at radius 3 is 2.38 bits per heavy atom. The molecule has 1 heteroatoms. The monoisotopic (exact) mass is 207 g/mol. The molecule has 0 aromatic heterocycles. The van der Waals surface area contributed by atoms with Crippen LogP contribution in [0.5, 0.6) is 0 Å². The van der Waals surface area contributed by atoms with Gasteiger partial charge in [0.05, 0.1) is 6.04 Å². The van der Waals surface area contributed by atoms with Gasteiger partial charge in [-0.1, -0.05) is 48.5 Å². The molecule has 0 saturated carbocycles. The fourth-order valence-corrected chi connectivity index (χ4v) is 3.12. The molecule has 4 rings (SSSR count). The minimum Gasteiger partial charge on any atom is -0.299 e. The lowest BCUT2D eigenvalue weighted by atomic mass is 9.94. The summed E-state index contributed by atoms with van der Waals surface area (Å²) in [5, 5.41) is 3.71. The molecule has 16 heavy (non-hydrogen) atoms. The highest BCUT2D eigenvalue weighted by Crippen LogP contribution is 2.43. The Kier molecular flexibility index (Phi) is 1.58. The minimum absolute atomic E-state index is 0.422. The maximum Gasteiger partial charge on any atom is 0.0587 e. The summed E-state index contributed by atoms with van der Waals surface area (Å²) in [5.41, 5.74) is 5.93. The number of fused-ring (bicyclic) bond motifs is 7. The van der Waals surface area contributed by atoms with Crippen molar-refractivity contribution in [3.63, 3.8) is 0 Å². The maximum atomic E-state index is 3.71. The predicted octanol–water partition coefficient (Wildman–Crippen LogP) is 2.98. The number of rotatable bonds is 0. The first kappa shape index (κ1) is 8.54. The highest BCUT2D eigenvalue weighted by molar-refractivity contribution is 5.50. The second-order valence-corrected chi connectivity index (χ2v) is 4.68. The number of hydrogen-bond donors (Lipinski definition) is 1. The summed E-state index contributed by atoms with van der Waals surface area (Å²) in [6, 6.07) is 18.6. The van der Waals surface area contributed by atoms with Gasteiger partial charge in [0.2, 0.25) is 0 Å². The molecule has 2 aliphatic rings. The standard InChI is InChI=1S/C15H13N/c1-2-6-11-10(5-1)9-14-12-7-3-4-8-13(12)15(11)16-14/h1-8,14-16H,9H2/t14-,15+/m0/s1. The molecule has 1 nitrogen and oxygen atoms in total. The highest BCUT2D eigenvalue weighted by Gasteiger charge is 2.36. The van der Waals surface area contributed by atoms with Gasteiger partial charge in [0.1, 0.15) is 0 Å². The Balaban J connectivity index is 1.98. The van der Waals surface area contributed by atoms with Gasteiger partial charge in [0, 0.05) is 6.04 Å². The number of hydrogen-bond acceptors (Lipinski definition) is 1. The summed E-state index contributed by atoms with van der Waals surface area (Å²) in [4.78, 5) is 0. The molecule has 0 fully saturated rings. The van der Waals surface area contributed by atoms with E-state index in [-0.39, 0.29) is 0 Å². The second-order valence-electron chi connectivity index (χ2n) is 4.68. The van der Waals surface area contributed by atoms with Gasteiger partial charge in [-0.3, -0.25) is 5.32 Å². The molecule has 0 radical (unpaired) electrons. The molecule has 2 heterocycles. The molecular formula is C15H13N. The first-order valence-electron chi connectivity index (χ1n) is 5.86. The Morgan fingerprint density at radius 1 is 0.812 bits per heavy atom. The molecule has 2 atom stereocenters. The molecule has 78 valence electrons. The van der Waals surface area contributed by atoms with E-state index >= 15 is 0 Å². The molecule has 1 N–H and O–H groups in total. The van der Waals surface area contributed by atoms with Crippen molar-refractivity contribution in [1.82, 2.24) is 5.32 Å². The van der Waals surface area contributed by atoms with E-state index in [1.807, 2.05) is 0 Å². The third-order valence-corrected chi connectivity index (χ3v) is 3.84. The van der Waals surface area contributed by atoms with Gasteiger partial charge in [-0.2, -0.15) is 0 Å². The van der Waals surface area contributed by atoms with Crippen molar-refractivity contribution in [2.45, 2.75) is 18.5 Å². The van der Waals surface area contributed by atoms with Crippen LogP contribution in [-0.2, 0) is 6.42 Å². The van der Waals surface area contributed by atoms with E-state index in [2.05, 4.69) is 53.8 Å². The molecule has 0 saturated heterocycles. The van der Waals surface area contributed by atoms with Crippen molar-refractivity contribution in [2.75, 3.05) is 0 Å². The molecule has 0 spiro atoms. The van der Waals surface area contributed by atoms with Crippen LogP contribution < -0.4 is 5.32 Å². The van der Waals surface area contributed by atoms with E-state index < -0.39 is 0 Å². The van der Waals surface area contributed by atoms with Gasteiger partial charge in [-0.25, -0.2) is 0 Å². The molecule has 2 aromatic rings. The van der Waals surface area contributed by atoms with Gasteiger partial charge < -0.3 is 0 Å². The van der Waals surface area contributed by atoms with Crippen LogP contribution in [0.2, 0.25) is 0 Å². The summed E-state index contributed by atoms with van der Waals surface area (Å²) in [5.74, 6) is 0. The zero-order chi connectivity index (χ0) is 10.5. The Labute approximate surface area is 95.1 Å². The fourth-order valence-electron chi connectivity index (χ4n) is 3.12. The van der Waals surface area contributed by atoms with Gasteiger partial charge >= 0.3 is 0 Å².